The number of ether oxygens (including phenoxy) is 1. The number of aliphatic hydroxyl groups is 1. The summed E-state index contributed by atoms with van der Waals surface area (Å²) in [4.78, 5) is 2.19. The fourth-order valence-corrected chi connectivity index (χ4v) is 2.98. The molecule has 0 spiro atoms. The molecule has 2 aliphatic rings. The topological polar surface area (TPSA) is 44.7 Å². The van der Waals surface area contributed by atoms with Crippen molar-refractivity contribution in [2.24, 2.45) is 5.92 Å². The predicted octanol–water partition coefficient (Wildman–Crippen LogP) is 1.55. The van der Waals surface area contributed by atoms with Gasteiger partial charge in [-0.15, -0.1) is 0 Å². The second-order valence-electron chi connectivity index (χ2n) is 5.53. The van der Waals surface area contributed by atoms with Crippen LogP contribution in [0.1, 0.15) is 24.5 Å². The van der Waals surface area contributed by atoms with Gasteiger partial charge in [0, 0.05) is 7.05 Å². The predicted molar refractivity (Wildman–Crippen MR) is 75.8 cm³/mol. The highest BCUT2D eigenvalue weighted by molar-refractivity contribution is 5.61. The van der Waals surface area contributed by atoms with Crippen molar-refractivity contribution in [1.29, 1.82) is 0 Å². The van der Waals surface area contributed by atoms with Gasteiger partial charge in [-0.05, 0) is 49.5 Å². The van der Waals surface area contributed by atoms with Crippen molar-refractivity contribution in [3.63, 3.8) is 0 Å². The Morgan fingerprint density at radius 1 is 1.37 bits per heavy atom. The lowest BCUT2D eigenvalue weighted by Gasteiger charge is -2.31. The van der Waals surface area contributed by atoms with Crippen molar-refractivity contribution >= 4 is 5.69 Å². The Morgan fingerprint density at radius 3 is 2.95 bits per heavy atom. The molecule has 2 N–H and O–H groups in total. The molecule has 1 saturated heterocycles. The Hall–Kier alpha value is -1.26. The van der Waals surface area contributed by atoms with Crippen LogP contribution < -0.4 is 15.0 Å². The van der Waals surface area contributed by atoms with Gasteiger partial charge in [0.05, 0.1) is 18.3 Å². The minimum absolute atomic E-state index is 0.359. The molecule has 104 valence electrons. The first-order valence-corrected chi connectivity index (χ1v) is 7.12. The number of nitrogens with one attached hydrogen (secondary N) is 1. The SMILES string of the molecule is CN1CCOc2ccc(C(O)C3CCNCC3)cc21. The number of benzene rings is 1. The normalized spacial score (nSPS) is 21.7. The summed E-state index contributed by atoms with van der Waals surface area (Å²) in [6.45, 7) is 3.66. The monoisotopic (exact) mass is 262 g/mol. The van der Waals surface area contributed by atoms with Crippen molar-refractivity contribution in [3.8, 4) is 5.75 Å². The molecule has 1 unspecified atom stereocenters. The quantitative estimate of drug-likeness (QED) is 0.849. The molecule has 0 saturated carbocycles. The standard InChI is InChI=1S/C15H22N2O2/c1-17-8-9-19-14-3-2-12(10-13(14)17)15(18)11-4-6-16-7-5-11/h2-3,10-11,15-16,18H,4-9H2,1H3. The summed E-state index contributed by atoms with van der Waals surface area (Å²) in [6.07, 6.45) is 1.73. The zero-order chi connectivity index (χ0) is 13.2. The lowest BCUT2D eigenvalue weighted by molar-refractivity contribution is 0.0889. The largest absolute Gasteiger partial charge is 0.490 e. The summed E-state index contributed by atoms with van der Waals surface area (Å²) in [5, 5.41) is 13.9. The van der Waals surface area contributed by atoms with Gasteiger partial charge >= 0.3 is 0 Å². The molecule has 19 heavy (non-hydrogen) atoms. The van der Waals surface area contributed by atoms with E-state index in [0.29, 0.717) is 5.92 Å². The molecule has 0 aliphatic carbocycles. The first kappa shape index (κ1) is 12.8. The number of hydrogen-bond donors (Lipinski definition) is 2. The van der Waals surface area contributed by atoms with Crippen LogP contribution in [0.25, 0.3) is 0 Å². The molecular formula is C15H22N2O2. The highest BCUT2D eigenvalue weighted by Gasteiger charge is 2.24. The zero-order valence-corrected chi connectivity index (χ0v) is 11.4. The molecule has 1 aromatic rings. The minimum atomic E-state index is -0.359. The Kier molecular flexibility index (Phi) is 3.62. The summed E-state index contributed by atoms with van der Waals surface area (Å²) in [5.74, 6) is 1.30. The molecule has 0 amide bonds. The van der Waals surface area contributed by atoms with E-state index in [0.717, 1.165) is 56.1 Å². The Labute approximate surface area is 114 Å². The maximum atomic E-state index is 10.5. The van der Waals surface area contributed by atoms with E-state index in [1.54, 1.807) is 0 Å². The summed E-state index contributed by atoms with van der Waals surface area (Å²) in [7, 11) is 2.07. The smallest absolute Gasteiger partial charge is 0.142 e. The van der Waals surface area contributed by atoms with E-state index in [9.17, 15) is 5.11 Å². The minimum Gasteiger partial charge on any atom is -0.490 e. The lowest BCUT2D eigenvalue weighted by atomic mass is 9.88. The third kappa shape index (κ3) is 2.55. The average molecular weight is 262 g/mol. The number of anilines is 1. The van der Waals surface area contributed by atoms with Crippen molar-refractivity contribution < 1.29 is 9.84 Å². The van der Waals surface area contributed by atoms with Gasteiger partial charge in [-0.3, -0.25) is 0 Å². The second kappa shape index (κ2) is 5.39. The summed E-state index contributed by atoms with van der Waals surface area (Å²) in [5.41, 5.74) is 2.11. The van der Waals surface area contributed by atoms with E-state index in [1.807, 2.05) is 12.1 Å². The number of hydrogen-bond acceptors (Lipinski definition) is 4. The van der Waals surface area contributed by atoms with Crippen LogP contribution in [0.2, 0.25) is 0 Å². The fourth-order valence-electron chi connectivity index (χ4n) is 2.98. The number of aliphatic hydroxyl groups excluding tert-OH is 1. The zero-order valence-electron chi connectivity index (χ0n) is 11.4. The maximum absolute atomic E-state index is 10.5. The van der Waals surface area contributed by atoms with Gasteiger partial charge in [-0.25, -0.2) is 0 Å². The number of rotatable bonds is 2. The fraction of sp³-hybridized carbons (Fsp3) is 0.600. The van der Waals surface area contributed by atoms with E-state index in [-0.39, 0.29) is 6.10 Å². The lowest BCUT2D eigenvalue weighted by Crippen LogP contribution is -2.31. The van der Waals surface area contributed by atoms with Gasteiger partial charge in [0.1, 0.15) is 12.4 Å². The van der Waals surface area contributed by atoms with Crippen LogP contribution in [0.5, 0.6) is 5.75 Å². The molecule has 1 fully saturated rings. The average Bonchev–Trinajstić information content (AvgIpc) is 2.47. The molecule has 2 heterocycles. The maximum Gasteiger partial charge on any atom is 0.142 e. The molecule has 3 rings (SSSR count). The van der Waals surface area contributed by atoms with Crippen LogP contribution in [0.15, 0.2) is 18.2 Å². The third-order valence-electron chi connectivity index (χ3n) is 4.25. The van der Waals surface area contributed by atoms with Gasteiger partial charge in [0.25, 0.3) is 0 Å². The van der Waals surface area contributed by atoms with Crippen molar-refractivity contribution in [3.05, 3.63) is 23.8 Å². The highest BCUT2D eigenvalue weighted by Crippen LogP contribution is 2.36. The van der Waals surface area contributed by atoms with Crippen LogP contribution in [-0.4, -0.2) is 38.4 Å². The molecule has 0 bridgehead atoms. The third-order valence-corrected chi connectivity index (χ3v) is 4.25. The van der Waals surface area contributed by atoms with Crippen molar-refractivity contribution in [1.82, 2.24) is 5.32 Å². The molecule has 1 aromatic carbocycles. The Balaban J connectivity index is 1.82. The van der Waals surface area contributed by atoms with Crippen molar-refractivity contribution in [2.45, 2.75) is 18.9 Å². The van der Waals surface area contributed by atoms with Gasteiger partial charge in [-0.1, -0.05) is 6.07 Å². The van der Waals surface area contributed by atoms with Gasteiger partial charge < -0.3 is 20.1 Å². The first-order chi connectivity index (χ1) is 9.25. The second-order valence-corrected chi connectivity index (χ2v) is 5.53. The van der Waals surface area contributed by atoms with Crippen LogP contribution in [0.4, 0.5) is 5.69 Å². The van der Waals surface area contributed by atoms with Crippen LogP contribution in [0.3, 0.4) is 0 Å². The number of nitrogens with zero attached hydrogens (tertiary/aromatic N) is 1. The molecule has 2 aliphatic heterocycles. The molecule has 0 aromatic heterocycles. The van der Waals surface area contributed by atoms with Gasteiger partial charge in [-0.2, -0.15) is 0 Å². The number of likely N-dealkylation sites (N-methyl/N-ethyl adjacent to an activating group) is 1. The van der Waals surface area contributed by atoms with Crippen LogP contribution in [-0.2, 0) is 0 Å². The Morgan fingerprint density at radius 2 is 2.16 bits per heavy atom. The molecular weight excluding hydrogens is 240 g/mol. The highest BCUT2D eigenvalue weighted by atomic mass is 16.5. The van der Waals surface area contributed by atoms with Crippen molar-refractivity contribution in [2.75, 3.05) is 38.2 Å². The summed E-state index contributed by atoms with van der Waals surface area (Å²) >= 11 is 0. The molecule has 4 nitrogen and oxygen atoms in total. The van der Waals surface area contributed by atoms with Gasteiger partial charge in [0.15, 0.2) is 0 Å². The number of piperidine rings is 1. The van der Waals surface area contributed by atoms with E-state index >= 15 is 0 Å². The molecule has 1 atom stereocenters. The summed E-state index contributed by atoms with van der Waals surface area (Å²) in [6, 6.07) is 6.08. The number of fused-ring (bicyclic) bond motifs is 1. The van der Waals surface area contributed by atoms with Crippen LogP contribution >= 0.6 is 0 Å². The van der Waals surface area contributed by atoms with E-state index < -0.39 is 0 Å². The summed E-state index contributed by atoms with van der Waals surface area (Å²) < 4.78 is 5.64. The van der Waals surface area contributed by atoms with Gasteiger partial charge in [0.2, 0.25) is 0 Å². The van der Waals surface area contributed by atoms with Crippen LogP contribution in [0, 0.1) is 5.92 Å². The van der Waals surface area contributed by atoms with E-state index in [4.69, 9.17) is 4.74 Å². The van der Waals surface area contributed by atoms with E-state index in [2.05, 4.69) is 23.3 Å². The Bertz CT molecular complexity index is 444. The molecule has 0 radical (unpaired) electrons. The molecule has 4 heteroatoms. The first-order valence-electron chi connectivity index (χ1n) is 7.12. The van der Waals surface area contributed by atoms with E-state index in [1.165, 1.54) is 0 Å².